The second-order valence-electron chi connectivity index (χ2n) is 8.88. The van der Waals surface area contributed by atoms with Gasteiger partial charge >= 0.3 is 12.1 Å². The summed E-state index contributed by atoms with van der Waals surface area (Å²) in [6.07, 6.45) is -4.34. The van der Waals surface area contributed by atoms with Crippen LogP contribution in [0.25, 0.3) is 0 Å². The first-order chi connectivity index (χ1) is 18.4. The summed E-state index contributed by atoms with van der Waals surface area (Å²) in [5.41, 5.74) is 6.24. The van der Waals surface area contributed by atoms with Gasteiger partial charge in [0.2, 0.25) is 0 Å². The summed E-state index contributed by atoms with van der Waals surface area (Å²) in [5, 5.41) is 11.2. The van der Waals surface area contributed by atoms with E-state index in [9.17, 15) is 22.8 Å². The van der Waals surface area contributed by atoms with E-state index in [1.807, 2.05) is 6.92 Å². The zero-order valence-corrected chi connectivity index (χ0v) is 22.4. The van der Waals surface area contributed by atoms with Gasteiger partial charge in [-0.05, 0) is 47.9 Å². The molecule has 3 aromatic rings. The molecule has 2 atom stereocenters. The number of carbonyl (C=O) groups excluding carboxylic acids is 1. The van der Waals surface area contributed by atoms with E-state index in [4.69, 9.17) is 38.8 Å². The van der Waals surface area contributed by atoms with Gasteiger partial charge in [0.25, 0.3) is 5.91 Å². The molecule has 4 N–H and O–H groups in total. The van der Waals surface area contributed by atoms with Gasteiger partial charge in [-0.2, -0.15) is 13.2 Å². The molecule has 3 rings (SSSR count). The molecule has 0 bridgehead atoms. The predicted molar refractivity (Wildman–Crippen MR) is 144 cm³/mol. The smallest absolute Gasteiger partial charge is 0.418 e. The largest absolute Gasteiger partial charge is 0.485 e. The third-order valence-electron chi connectivity index (χ3n) is 6.03. The number of nitrogen functional groups attached to an aromatic ring is 1. The maximum absolute atomic E-state index is 13.6. The summed E-state index contributed by atoms with van der Waals surface area (Å²) < 4.78 is 47.0. The summed E-state index contributed by atoms with van der Waals surface area (Å²) >= 11 is 11.9. The topological polar surface area (TPSA) is 102 Å². The van der Waals surface area contributed by atoms with Gasteiger partial charge < -0.3 is 20.9 Å². The number of nitrogens with two attached hydrogens (primary N) is 1. The van der Waals surface area contributed by atoms with Crippen molar-refractivity contribution < 1.29 is 32.6 Å². The Kier molecular flexibility index (Phi) is 10.1. The number of alkyl halides is 3. The van der Waals surface area contributed by atoms with E-state index in [-0.39, 0.29) is 30.3 Å². The second-order valence-corrected chi connectivity index (χ2v) is 9.69. The fourth-order valence-electron chi connectivity index (χ4n) is 4.15. The van der Waals surface area contributed by atoms with Crippen molar-refractivity contribution in [2.45, 2.75) is 44.4 Å². The van der Waals surface area contributed by atoms with Crippen LogP contribution in [0.2, 0.25) is 10.0 Å². The molecule has 0 aliphatic rings. The normalized spacial score (nSPS) is 13.0. The summed E-state index contributed by atoms with van der Waals surface area (Å²) in [5.74, 6) is -1.87. The molecule has 11 heteroatoms. The van der Waals surface area contributed by atoms with E-state index in [1.165, 1.54) is 6.07 Å². The van der Waals surface area contributed by atoms with Gasteiger partial charge in [-0.25, -0.2) is 0 Å². The maximum atomic E-state index is 13.6. The number of carboxylic acids is 1. The van der Waals surface area contributed by atoms with E-state index in [2.05, 4.69) is 5.32 Å². The average molecular weight is 583 g/mol. The van der Waals surface area contributed by atoms with E-state index in [0.29, 0.717) is 22.6 Å². The van der Waals surface area contributed by atoms with Crippen LogP contribution in [-0.4, -0.2) is 23.5 Å². The summed E-state index contributed by atoms with van der Waals surface area (Å²) in [7, 11) is 0. The van der Waals surface area contributed by atoms with Crippen LogP contribution in [0.1, 0.15) is 65.3 Å². The first-order valence-corrected chi connectivity index (χ1v) is 12.8. The molecule has 0 unspecified atom stereocenters. The fraction of sp³-hybridized carbons (Fsp3) is 0.286. The Bertz CT molecular complexity index is 1300. The van der Waals surface area contributed by atoms with Crippen molar-refractivity contribution in [3.63, 3.8) is 0 Å². The molecular formula is C28H27Cl2F3N2O4. The molecule has 0 heterocycles. The molecule has 0 saturated carbocycles. The molecule has 0 aliphatic heterocycles. The number of ether oxygens (including phenoxy) is 1. The van der Waals surface area contributed by atoms with Crippen molar-refractivity contribution in [3.8, 4) is 5.75 Å². The zero-order valence-electron chi connectivity index (χ0n) is 20.9. The van der Waals surface area contributed by atoms with E-state index in [0.717, 1.165) is 18.1 Å². The SMILES string of the molecule is CCC[C@H](c1ccc(C(=O)NCCC(=O)O)cc1)[C@@H](Oc1cc(N)c(Cl)c(C(F)(F)F)c1)c1ccc(Cl)cc1. The van der Waals surface area contributed by atoms with E-state index < -0.39 is 34.7 Å². The highest BCUT2D eigenvalue weighted by atomic mass is 35.5. The van der Waals surface area contributed by atoms with Crippen LogP contribution in [-0.2, 0) is 11.0 Å². The highest BCUT2D eigenvalue weighted by Crippen LogP contribution is 2.43. The Hall–Kier alpha value is -3.43. The van der Waals surface area contributed by atoms with Gasteiger partial charge in [0.1, 0.15) is 11.9 Å². The number of carboxylic acid groups (broad SMARTS) is 1. The second kappa shape index (κ2) is 13.1. The van der Waals surface area contributed by atoms with Crippen molar-refractivity contribution in [3.05, 3.63) is 93.0 Å². The standard InChI is InChI=1S/C28H27Cl2F3N2O4/c1-2-3-21(16-4-6-18(7-5-16)27(38)35-13-12-24(36)37)26(17-8-10-19(29)11-9-17)39-20-14-22(28(31,32)33)25(30)23(34)15-20/h4-11,14-15,21,26H,2-3,12-13,34H2,1H3,(H,35,38)(H,36,37)/t21-,26+/m1/s1. The molecule has 0 spiro atoms. The van der Waals surface area contributed by atoms with Crippen LogP contribution in [0, 0.1) is 0 Å². The van der Waals surface area contributed by atoms with Crippen molar-refractivity contribution in [2.75, 3.05) is 12.3 Å². The number of hydrogen-bond donors (Lipinski definition) is 3. The maximum Gasteiger partial charge on any atom is 0.418 e. The summed E-state index contributed by atoms with van der Waals surface area (Å²) in [4.78, 5) is 23.1. The van der Waals surface area contributed by atoms with Crippen molar-refractivity contribution in [1.82, 2.24) is 5.32 Å². The number of halogens is 5. The molecule has 0 aromatic heterocycles. The number of benzene rings is 3. The number of amides is 1. The van der Waals surface area contributed by atoms with Crippen LogP contribution < -0.4 is 15.8 Å². The molecule has 0 fully saturated rings. The monoisotopic (exact) mass is 582 g/mol. The minimum atomic E-state index is -4.73. The van der Waals surface area contributed by atoms with Gasteiger partial charge in [0.15, 0.2) is 0 Å². The lowest BCUT2D eigenvalue weighted by Gasteiger charge is -2.29. The van der Waals surface area contributed by atoms with Gasteiger partial charge in [0, 0.05) is 29.1 Å². The molecule has 39 heavy (non-hydrogen) atoms. The molecule has 0 radical (unpaired) electrons. The number of aliphatic carboxylic acids is 1. The van der Waals surface area contributed by atoms with Crippen molar-refractivity contribution in [1.29, 1.82) is 0 Å². The quantitative estimate of drug-likeness (QED) is 0.203. The fourth-order valence-corrected chi connectivity index (χ4v) is 4.49. The third-order valence-corrected chi connectivity index (χ3v) is 6.71. The van der Waals surface area contributed by atoms with Crippen LogP contribution in [0.15, 0.2) is 60.7 Å². The Morgan fingerprint density at radius 3 is 2.21 bits per heavy atom. The molecule has 3 aromatic carbocycles. The lowest BCUT2D eigenvalue weighted by molar-refractivity contribution is -0.138. The molecular weight excluding hydrogens is 556 g/mol. The van der Waals surface area contributed by atoms with Crippen LogP contribution >= 0.6 is 23.2 Å². The number of carbonyl (C=O) groups is 2. The van der Waals surface area contributed by atoms with Gasteiger partial charge in [-0.15, -0.1) is 0 Å². The molecule has 6 nitrogen and oxygen atoms in total. The van der Waals surface area contributed by atoms with E-state index >= 15 is 0 Å². The predicted octanol–water partition coefficient (Wildman–Crippen LogP) is 7.50. The van der Waals surface area contributed by atoms with Gasteiger partial charge in [-0.1, -0.05) is 60.8 Å². The highest BCUT2D eigenvalue weighted by Gasteiger charge is 2.35. The number of anilines is 1. The lowest BCUT2D eigenvalue weighted by atomic mass is 9.85. The molecule has 1 amide bonds. The zero-order chi connectivity index (χ0) is 28.7. The first kappa shape index (κ1) is 30.1. The van der Waals surface area contributed by atoms with Crippen molar-refractivity contribution in [2.24, 2.45) is 0 Å². The van der Waals surface area contributed by atoms with E-state index in [1.54, 1.807) is 48.5 Å². The average Bonchev–Trinajstić information content (AvgIpc) is 2.88. The Balaban J connectivity index is 1.99. The summed E-state index contributed by atoms with van der Waals surface area (Å²) in [6.45, 7) is 1.96. The minimum absolute atomic E-state index is 0.00893. The van der Waals surface area contributed by atoms with Crippen LogP contribution in [0.5, 0.6) is 5.75 Å². The van der Waals surface area contributed by atoms with Gasteiger partial charge in [0.05, 0.1) is 22.7 Å². The van der Waals surface area contributed by atoms with Crippen LogP contribution in [0.3, 0.4) is 0 Å². The first-order valence-electron chi connectivity index (χ1n) is 12.1. The van der Waals surface area contributed by atoms with Crippen LogP contribution in [0.4, 0.5) is 18.9 Å². The Morgan fingerprint density at radius 2 is 1.64 bits per heavy atom. The Labute approximate surface area is 233 Å². The molecule has 208 valence electrons. The number of nitrogens with one attached hydrogen (secondary N) is 1. The van der Waals surface area contributed by atoms with Crippen molar-refractivity contribution >= 4 is 40.8 Å². The number of hydrogen-bond acceptors (Lipinski definition) is 4. The highest BCUT2D eigenvalue weighted by molar-refractivity contribution is 6.34. The molecule has 0 aliphatic carbocycles. The minimum Gasteiger partial charge on any atom is -0.485 e. The summed E-state index contributed by atoms with van der Waals surface area (Å²) in [6, 6.07) is 15.6. The van der Waals surface area contributed by atoms with Gasteiger partial charge in [-0.3, -0.25) is 9.59 Å². The lowest BCUT2D eigenvalue weighted by Crippen LogP contribution is -2.26. The number of rotatable bonds is 11. The third kappa shape index (κ3) is 8.03. The Morgan fingerprint density at radius 1 is 1.03 bits per heavy atom. The molecule has 0 saturated heterocycles.